The molecule has 4 rings (SSSR count). The first-order valence-corrected chi connectivity index (χ1v) is 8.00. The molecule has 2 fully saturated rings. The van der Waals surface area contributed by atoms with Crippen LogP contribution in [-0.2, 0) is 6.42 Å². The quantitative estimate of drug-likeness (QED) is 0.751. The van der Waals surface area contributed by atoms with Gasteiger partial charge in [-0.05, 0) is 42.2 Å². The topological polar surface area (TPSA) is 17.1 Å². The molecule has 1 nitrogen and oxygen atoms in total. The number of Topliss-reactive ketones (excluding diaryl/α,β-unsaturated/α-hetero) is 1. The van der Waals surface area contributed by atoms with Gasteiger partial charge in [-0.3, -0.25) is 4.79 Å². The normalized spacial score (nSPS) is 26.4. The summed E-state index contributed by atoms with van der Waals surface area (Å²) < 4.78 is 0. The maximum absolute atomic E-state index is 12.5. The van der Waals surface area contributed by atoms with Gasteiger partial charge in [0, 0.05) is 11.5 Å². The molecule has 2 aromatic rings. The second-order valence-electron chi connectivity index (χ2n) is 6.51. The Kier molecular flexibility index (Phi) is 3.14. The Labute approximate surface area is 126 Å². The number of carbonyl (C=O) groups excluding carboxylic acids is 1. The first-order valence-electron chi connectivity index (χ1n) is 8.00. The van der Waals surface area contributed by atoms with E-state index < -0.39 is 0 Å². The zero-order valence-corrected chi connectivity index (χ0v) is 12.2. The number of rotatable bonds is 4. The highest BCUT2D eigenvalue weighted by molar-refractivity contribution is 6.00. The third-order valence-electron chi connectivity index (χ3n) is 5.20. The molecule has 2 aromatic carbocycles. The Balaban J connectivity index is 1.45. The van der Waals surface area contributed by atoms with Gasteiger partial charge >= 0.3 is 0 Å². The lowest BCUT2D eigenvalue weighted by molar-refractivity contribution is 0.0951. The Bertz CT molecular complexity index is 631. The minimum atomic E-state index is 0.346. The second-order valence-corrected chi connectivity index (χ2v) is 6.51. The molecule has 2 unspecified atom stereocenters. The summed E-state index contributed by atoms with van der Waals surface area (Å²) in [5.41, 5.74) is 3.49. The van der Waals surface area contributed by atoms with Gasteiger partial charge in [-0.15, -0.1) is 0 Å². The molecule has 0 amide bonds. The van der Waals surface area contributed by atoms with E-state index in [1.807, 2.05) is 18.2 Å². The fraction of sp³-hybridized carbons (Fsp3) is 0.350. The summed E-state index contributed by atoms with van der Waals surface area (Å²) in [7, 11) is 0. The van der Waals surface area contributed by atoms with Crippen molar-refractivity contribution in [1.29, 1.82) is 0 Å². The molecule has 2 saturated carbocycles. The molecule has 2 aliphatic carbocycles. The van der Waals surface area contributed by atoms with Gasteiger partial charge < -0.3 is 0 Å². The summed E-state index contributed by atoms with van der Waals surface area (Å²) in [6, 6.07) is 18.7. The molecular weight excluding hydrogens is 256 g/mol. The van der Waals surface area contributed by atoms with Crippen molar-refractivity contribution in [1.82, 2.24) is 0 Å². The maximum Gasteiger partial charge on any atom is 0.166 e. The number of benzene rings is 2. The van der Waals surface area contributed by atoms with E-state index in [0.29, 0.717) is 23.5 Å². The number of ketones is 1. The fourth-order valence-electron chi connectivity index (χ4n) is 4.02. The van der Waals surface area contributed by atoms with Crippen molar-refractivity contribution in [2.75, 3.05) is 0 Å². The fourth-order valence-corrected chi connectivity index (χ4v) is 4.02. The van der Waals surface area contributed by atoms with Gasteiger partial charge in [-0.1, -0.05) is 61.0 Å². The van der Waals surface area contributed by atoms with Gasteiger partial charge in [0.2, 0.25) is 0 Å². The van der Waals surface area contributed by atoms with Crippen LogP contribution in [0.25, 0.3) is 0 Å². The van der Waals surface area contributed by atoms with Crippen molar-refractivity contribution >= 4 is 5.78 Å². The summed E-state index contributed by atoms with van der Waals surface area (Å²) >= 11 is 0. The van der Waals surface area contributed by atoms with Gasteiger partial charge in [0.05, 0.1) is 0 Å². The number of carbonyl (C=O) groups is 1. The molecule has 0 aromatic heterocycles. The third kappa shape index (κ3) is 2.42. The highest BCUT2D eigenvalue weighted by atomic mass is 16.1. The van der Waals surface area contributed by atoms with Crippen LogP contribution < -0.4 is 0 Å². The zero-order chi connectivity index (χ0) is 14.2. The highest BCUT2D eigenvalue weighted by Crippen LogP contribution is 2.58. The van der Waals surface area contributed by atoms with Crippen LogP contribution in [0.1, 0.15) is 40.7 Å². The van der Waals surface area contributed by atoms with Gasteiger partial charge in [0.25, 0.3) is 0 Å². The lowest BCUT2D eigenvalue weighted by atomic mass is 9.98. The van der Waals surface area contributed by atoms with Crippen molar-refractivity contribution < 1.29 is 4.79 Å². The molecule has 0 N–H and O–H groups in total. The van der Waals surface area contributed by atoms with Crippen LogP contribution in [0, 0.1) is 17.8 Å². The molecule has 21 heavy (non-hydrogen) atoms. The molecule has 0 bridgehead atoms. The van der Waals surface area contributed by atoms with Crippen molar-refractivity contribution in [3.05, 3.63) is 71.3 Å². The molecule has 0 heterocycles. The summed E-state index contributed by atoms with van der Waals surface area (Å²) in [5.74, 6) is 2.15. The van der Waals surface area contributed by atoms with Gasteiger partial charge in [-0.25, -0.2) is 0 Å². The Morgan fingerprint density at radius 3 is 2.14 bits per heavy atom. The minimum absolute atomic E-state index is 0.346. The first kappa shape index (κ1) is 12.8. The summed E-state index contributed by atoms with van der Waals surface area (Å²) in [4.78, 5) is 12.5. The van der Waals surface area contributed by atoms with Crippen LogP contribution in [0.5, 0.6) is 0 Å². The van der Waals surface area contributed by atoms with Crippen molar-refractivity contribution in [2.45, 2.75) is 25.7 Å². The van der Waals surface area contributed by atoms with Gasteiger partial charge in [0.15, 0.2) is 5.78 Å². The van der Waals surface area contributed by atoms with E-state index in [1.54, 1.807) is 0 Å². The van der Waals surface area contributed by atoms with Crippen LogP contribution >= 0.6 is 0 Å². The van der Waals surface area contributed by atoms with Crippen LogP contribution in [0.15, 0.2) is 54.6 Å². The molecule has 0 spiro atoms. The largest absolute Gasteiger partial charge is 0.294 e. The first-order chi connectivity index (χ1) is 10.3. The zero-order valence-electron chi connectivity index (χ0n) is 12.2. The second kappa shape index (κ2) is 5.14. The van der Waals surface area contributed by atoms with E-state index >= 15 is 0 Å². The van der Waals surface area contributed by atoms with Crippen LogP contribution in [-0.4, -0.2) is 5.78 Å². The molecule has 2 atom stereocenters. The average Bonchev–Trinajstić information content (AvgIpc) is 3.00. The van der Waals surface area contributed by atoms with Gasteiger partial charge in [-0.2, -0.15) is 0 Å². The predicted molar refractivity (Wildman–Crippen MR) is 84.3 cm³/mol. The number of hydrogen-bond donors (Lipinski definition) is 0. The van der Waals surface area contributed by atoms with Crippen molar-refractivity contribution in [3.63, 3.8) is 0 Å². The summed E-state index contributed by atoms with van der Waals surface area (Å²) in [5, 5.41) is 0. The number of hydrogen-bond acceptors (Lipinski definition) is 1. The molecular formula is C20H20O. The molecule has 2 aliphatic rings. The van der Waals surface area contributed by atoms with E-state index in [2.05, 4.69) is 36.4 Å². The van der Waals surface area contributed by atoms with Crippen molar-refractivity contribution in [3.8, 4) is 0 Å². The monoisotopic (exact) mass is 276 g/mol. The highest BCUT2D eigenvalue weighted by Gasteiger charge is 2.56. The van der Waals surface area contributed by atoms with E-state index in [9.17, 15) is 4.79 Å². The molecule has 0 saturated heterocycles. The molecule has 1 heteroatoms. The predicted octanol–water partition coefficient (Wildman–Crippen LogP) is 4.51. The summed E-state index contributed by atoms with van der Waals surface area (Å²) in [6.07, 6.45) is 4.81. The molecule has 0 radical (unpaired) electrons. The van der Waals surface area contributed by atoms with Crippen molar-refractivity contribution in [2.24, 2.45) is 17.8 Å². The van der Waals surface area contributed by atoms with E-state index in [0.717, 1.165) is 12.0 Å². The van der Waals surface area contributed by atoms with Crippen LogP contribution in [0.3, 0.4) is 0 Å². The average molecular weight is 276 g/mol. The Morgan fingerprint density at radius 2 is 1.48 bits per heavy atom. The standard InChI is InChI=1S/C20H20O/c21-20(19-17-7-4-8-18(17)19)16-11-9-15(10-12-16)13-14-5-2-1-3-6-14/h1-3,5-6,9-12,17-19H,4,7-8,13H2. The Morgan fingerprint density at radius 1 is 0.857 bits per heavy atom. The van der Waals surface area contributed by atoms with Gasteiger partial charge in [0.1, 0.15) is 0 Å². The maximum atomic E-state index is 12.5. The molecule has 106 valence electrons. The smallest absolute Gasteiger partial charge is 0.166 e. The number of fused-ring (bicyclic) bond motifs is 1. The van der Waals surface area contributed by atoms with E-state index in [1.165, 1.54) is 30.4 Å². The third-order valence-corrected chi connectivity index (χ3v) is 5.20. The van der Waals surface area contributed by atoms with E-state index in [-0.39, 0.29) is 0 Å². The Hall–Kier alpha value is -1.89. The van der Waals surface area contributed by atoms with Crippen LogP contribution in [0.2, 0.25) is 0 Å². The SMILES string of the molecule is O=C(c1ccc(Cc2ccccc2)cc1)C1C2CCCC21. The molecule has 0 aliphatic heterocycles. The lowest BCUT2D eigenvalue weighted by Gasteiger charge is -2.05. The lowest BCUT2D eigenvalue weighted by Crippen LogP contribution is -2.06. The van der Waals surface area contributed by atoms with E-state index in [4.69, 9.17) is 0 Å². The minimum Gasteiger partial charge on any atom is -0.294 e. The van der Waals surface area contributed by atoms with Crippen LogP contribution in [0.4, 0.5) is 0 Å². The summed E-state index contributed by atoms with van der Waals surface area (Å²) in [6.45, 7) is 0.